The first kappa shape index (κ1) is 24.5. The smallest absolute Gasteiger partial charge is 0.335 e. The molecule has 10 nitrogen and oxygen atoms in total. The maximum atomic E-state index is 14.7. The number of benzene rings is 2. The van der Waals surface area contributed by atoms with Crippen LogP contribution in [0.2, 0.25) is 5.02 Å². The second-order valence-electron chi connectivity index (χ2n) is 8.35. The number of imidazole rings is 1. The summed E-state index contributed by atoms with van der Waals surface area (Å²) in [6.07, 6.45) is -7.07. The summed E-state index contributed by atoms with van der Waals surface area (Å²) in [5.74, 6) is -1.60. The first-order chi connectivity index (χ1) is 17.3. The molecule has 3 aromatic rings. The molecule has 0 amide bonds. The van der Waals surface area contributed by atoms with Crippen molar-refractivity contribution in [3.05, 3.63) is 82.1 Å². The van der Waals surface area contributed by atoms with Crippen LogP contribution in [0.5, 0.6) is 0 Å². The van der Waals surface area contributed by atoms with Crippen molar-refractivity contribution in [2.24, 2.45) is 4.99 Å². The van der Waals surface area contributed by atoms with E-state index in [1.54, 1.807) is 47.2 Å². The molecule has 2 aromatic carbocycles. The Balaban J connectivity index is 1.48. The lowest BCUT2D eigenvalue weighted by atomic mass is 9.99. The number of aromatic nitrogens is 2. The first-order valence-electron chi connectivity index (χ1n) is 11.0. The summed E-state index contributed by atoms with van der Waals surface area (Å²) in [5, 5.41) is 39.8. The van der Waals surface area contributed by atoms with Gasteiger partial charge in [0.25, 0.3) is 0 Å². The van der Waals surface area contributed by atoms with Gasteiger partial charge in [0, 0.05) is 16.1 Å². The highest BCUT2D eigenvalue weighted by atomic mass is 35.5. The van der Waals surface area contributed by atoms with Crippen LogP contribution in [-0.4, -0.2) is 72.4 Å². The molecule has 0 unspecified atom stereocenters. The Bertz CT molecular complexity index is 1350. The number of halogens is 2. The minimum Gasteiger partial charge on any atom is -0.479 e. The van der Waals surface area contributed by atoms with E-state index in [-0.39, 0.29) is 13.2 Å². The number of aliphatic imine (C=N–C) groups is 1. The molecule has 1 aromatic heterocycles. The predicted molar refractivity (Wildman–Crippen MR) is 123 cm³/mol. The van der Waals surface area contributed by atoms with Gasteiger partial charge >= 0.3 is 5.97 Å². The number of hydrogen-bond acceptors (Lipinski definition) is 8. The number of ether oxygens (including phenoxy) is 2. The second-order valence-corrected chi connectivity index (χ2v) is 8.79. The molecule has 5 atom stereocenters. The molecule has 2 aliphatic heterocycles. The van der Waals surface area contributed by atoms with E-state index in [9.17, 15) is 29.6 Å². The molecule has 0 saturated carbocycles. The molecule has 188 valence electrons. The Labute approximate surface area is 208 Å². The topological polar surface area (TPSA) is 147 Å². The average molecular weight is 520 g/mol. The van der Waals surface area contributed by atoms with Gasteiger partial charge in [-0.3, -0.25) is 9.56 Å². The van der Waals surface area contributed by atoms with Crippen molar-refractivity contribution < 1.29 is 39.1 Å². The number of carbonyl (C=O) groups is 1. The number of carboxylic acid groups (broad SMARTS) is 1. The number of rotatable bonds is 5. The molecular weight excluding hydrogens is 499 g/mol. The van der Waals surface area contributed by atoms with E-state index in [0.717, 1.165) is 0 Å². The molecule has 5 rings (SSSR count). The largest absolute Gasteiger partial charge is 0.479 e. The maximum absolute atomic E-state index is 14.7. The van der Waals surface area contributed by atoms with E-state index in [1.807, 2.05) is 0 Å². The summed E-state index contributed by atoms with van der Waals surface area (Å²) in [7, 11) is 0. The zero-order valence-electron chi connectivity index (χ0n) is 18.5. The average Bonchev–Trinajstić information content (AvgIpc) is 3.18. The Morgan fingerprint density at radius 3 is 2.67 bits per heavy atom. The number of hydrogen-bond donors (Lipinski definition) is 4. The normalized spacial score (nSPS) is 25.5. The fourth-order valence-corrected chi connectivity index (χ4v) is 4.48. The molecule has 36 heavy (non-hydrogen) atoms. The molecule has 1 saturated heterocycles. The van der Waals surface area contributed by atoms with Gasteiger partial charge in [-0.2, -0.15) is 0 Å². The lowest BCUT2D eigenvalue weighted by molar-refractivity contribution is -0.297. The summed E-state index contributed by atoms with van der Waals surface area (Å²) in [6.45, 7) is -0.0918. The van der Waals surface area contributed by atoms with Gasteiger partial charge in [0.15, 0.2) is 12.4 Å². The summed E-state index contributed by atoms with van der Waals surface area (Å²) in [6, 6.07) is 11.3. The van der Waals surface area contributed by atoms with E-state index in [4.69, 9.17) is 21.1 Å². The number of aliphatic hydroxyl groups excluding tert-OH is 3. The lowest BCUT2D eigenvalue weighted by Gasteiger charge is -2.38. The van der Waals surface area contributed by atoms with Crippen molar-refractivity contribution >= 4 is 23.3 Å². The molecule has 1 fully saturated rings. The van der Waals surface area contributed by atoms with Crippen molar-refractivity contribution in [3.8, 4) is 5.69 Å². The Morgan fingerprint density at radius 2 is 1.92 bits per heavy atom. The van der Waals surface area contributed by atoms with Gasteiger partial charge in [0.1, 0.15) is 36.6 Å². The third kappa shape index (κ3) is 4.30. The SMILES string of the molecule is O=C(O)[C@H]1O[C@@H](O[13CH2][13c]2ncc3n2-c2ccc(Cl)cc2C(c2ccccc2F)=NC3)[C@H](O)[C@@H](O)[C@@H]1O. The molecular formula is C24H21ClFN3O7. The third-order valence-corrected chi connectivity index (χ3v) is 6.32. The predicted octanol–water partition coefficient (Wildman–Crippen LogP) is 1.42. The van der Waals surface area contributed by atoms with Crippen LogP contribution in [0, 0.1) is 5.82 Å². The van der Waals surface area contributed by atoms with Gasteiger partial charge in [0.05, 0.1) is 29.8 Å². The van der Waals surface area contributed by atoms with Crippen molar-refractivity contribution in [1.82, 2.24) is 9.55 Å². The molecule has 0 aliphatic carbocycles. The van der Waals surface area contributed by atoms with Crippen LogP contribution >= 0.6 is 11.6 Å². The first-order valence-corrected chi connectivity index (χ1v) is 11.3. The number of fused-ring (bicyclic) bond motifs is 3. The highest BCUT2D eigenvalue weighted by molar-refractivity contribution is 6.31. The molecule has 0 bridgehead atoms. The zero-order valence-corrected chi connectivity index (χ0v) is 19.3. The minimum absolute atomic E-state index is 0.164. The molecule has 0 radical (unpaired) electrons. The van der Waals surface area contributed by atoms with Gasteiger partial charge in [-0.25, -0.2) is 14.2 Å². The summed E-state index contributed by atoms with van der Waals surface area (Å²) in [5.41, 5.74) is 2.54. The van der Waals surface area contributed by atoms with E-state index >= 15 is 0 Å². The lowest BCUT2D eigenvalue weighted by Crippen LogP contribution is -2.60. The summed E-state index contributed by atoms with van der Waals surface area (Å²) >= 11 is 6.27. The van der Waals surface area contributed by atoms with Gasteiger partial charge < -0.3 is 29.9 Å². The van der Waals surface area contributed by atoms with Gasteiger partial charge in [0.2, 0.25) is 0 Å². The molecule has 0 spiro atoms. The summed E-state index contributed by atoms with van der Waals surface area (Å²) in [4.78, 5) is 20.4. The molecule has 4 N–H and O–H groups in total. The van der Waals surface area contributed by atoms with Gasteiger partial charge in [-0.15, -0.1) is 0 Å². The van der Waals surface area contributed by atoms with Gasteiger partial charge in [-0.05, 0) is 30.3 Å². The Morgan fingerprint density at radius 1 is 1.14 bits per heavy atom. The minimum atomic E-state index is -1.83. The standard InChI is InChI=1S/C24H21ClFN3O7/c25-11-5-6-16-14(7-11)18(13-3-1-2-4-15(13)26)28-9-12-8-27-17(29(12)16)10-35-24-21(32)19(30)20(31)22(36-24)23(33)34/h1-8,19-22,24,30-32H,9-10H2,(H,33,34)/t19-,20-,21+,22-,24+/m0/s1/i10+1,17+1. The fourth-order valence-electron chi connectivity index (χ4n) is 4.31. The maximum Gasteiger partial charge on any atom is 0.335 e. The van der Waals surface area contributed by atoms with Crippen molar-refractivity contribution in [2.75, 3.05) is 0 Å². The van der Waals surface area contributed by atoms with Crippen LogP contribution in [0.15, 0.2) is 53.7 Å². The van der Waals surface area contributed by atoms with Crippen LogP contribution in [-0.2, 0) is 27.4 Å². The number of carboxylic acids is 1. The number of aliphatic hydroxyl groups is 3. The van der Waals surface area contributed by atoms with Crippen molar-refractivity contribution in [3.63, 3.8) is 0 Å². The molecule has 3 heterocycles. The zero-order chi connectivity index (χ0) is 25.6. The van der Waals surface area contributed by atoms with E-state index in [1.165, 1.54) is 6.07 Å². The van der Waals surface area contributed by atoms with Crippen LogP contribution < -0.4 is 0 Å². The third-order valence-electron chi connectivity index (χ3n) is 6.08. The quantitative estimate of drug-likeness (QED) is 0.370. The van der Waals surface area contributed by atoms with Crippen molar-refractivity contribution in [2.45, 2.75) is 43.9 Å². The number of aliphatic carboxylic acids is 1. The molecule has 12 heteroatoms. The van der Waals surface area contributed by atoms with Crippen LogP contribution in [0.1, 0.15) is 22.6 Å². The van der Waals surface area contributed by atoms with Gasteiger partial charge in [-0.1, -0.05) is 23.7 Å². The Kier molecular flexibility index (Phi) is 6.60. The van der Waals surface area contributed by atoms with E-state index < -0.39 is 42.5 Å². The highest BCUT2D eigenvalue weighted by Crippen LogP contribution is 2.30. The van der Waals surface area contributed by atoms with Crippen molar-refractivity contribution in [1.29, 1.82) is 0 Å². The summed E-state index contributed by atoms with van der Waals surface area (Å²) < 4.78 is 27.2. The molecule has 2 aliphatic rings. The highest BCUT2D eigenvalue weighted by Gasteiger charge is 2.47. The van der Waals surface area contributed by atoms with Crippen LogP contribution in [0.25, 0.3) is 5.69 Å². The van der Waals surface area contributed by atoms with Crippen LogP contribution in [0.3, 0.4) is 0 Å². The fraction of sp³-hybridized carbons (Fsp3) is 0.292. The van der Waals surface area contributed by atoms with Crippen LogP contribution in [0.4, 0.5) is 4.39 Å². The Hall–Kier alpha value is -3.19. The second kappa shape index (κ2) is 9.69. The van der Waals surface area contributed by atoms with E-state index in [0.29, 0.717) is 39.1 Å². The number of nitrogens with zero attached hydrogens (tertiary/aromatic N) is 3. The van der Waals surface area contributed by atoms with E-state index in [2.05, 4.69) is 9.98 Å². The monoisotopic (exact) mass is 519 g/mol.